The van der Waals surface area contributed by atoms with Crippen LogP contribution in [0.1, 0.15) is 11.4 Å². The molecule has 2 aromatic heterocycles. The van der Waals surface area contributed by atoms with E-state index in [2.05, 4.69) is 15.1 Å². The number of aromatic nitrogens is 4. The molecule has 0 saturated heterocycles. The average Bonchev–Trinajstić information content (AvgIpc) is 3.27. The Balaban J connectivity index is 1.74. The van der Waals surface area contributed by atoms with Gasteiger partial charge in [-0.2, -0.15) is 5.10 Å². The Morgan fingerprint density at radius 3 is 2.63 bits per heavy atom. The van der Waals surface area contributed by atoms with Crippen LogP contribution in [0.3, 0.4) is 0 Å². The highest BCUT2D eigenvalue weighted by Gasteiger charge is 2.13. The van der Waals surface area contributed by atoms with Gasteiger partial charge >= 0.3 is 0 Å². The summed E-state index contributed by atoms with van der Waals surface area (Å²) in [5.41, 5.74) is 0.816. The number of hydrogen-bond acceptors (Lipinski definition) is 5. The molecule has 0 aliphatic carbocycles. The monoisotopic (exact) mass is 426 g/mol. The van der Waals surface area contributed by atoms with Gasteiger partial charge in [0.15, 0.2) is 17.3 Å². The van der Waals surface area contributed by atoms with Crippen molar-refractivity contribution in [1.29, 1.82) is 0 Å². The summed E-state index contributed by atoms with van der Waals surface area (Å²) in [6.07, 6.45) is 4.73. The van der Waals surface area contributed by atoms with Crippen molar-refractivity contribution in [1.82, 2.24) is 19.7 Å². The van der Waals surface area contributed by atoms with Crippen LogP contribution in [0, 0.1) is 5.82 Å². The van der Waals surface area contributed by atoms with Crippen LogP contribution in [-0.2, 0) is 0 Å². The van der Waals surface area contributed by atoms with Gasteiger partial charge in [-0.1, -0.05) is 17.7 Å². The van der Waals surface area contributed by atoms with Crippen LogP contribution in [0.5, 0.6) is 11.5 Å². The van der Waals surface area contributed by atoms with E-state index < -0.39 is 5.82 Å². The number of methoxy groups -OCH3 is 2. The number of ether oxygens (including phenoxy) is 2. The first kappa shape index (κ1) is 19.7. The molecule has 0 radical (unpaired) electrons. The molecular formula is C21H16ClFN4O3. The largest absolute Gasteiger partial charge is 0.493 e. The van der Waals surface area contributed by atoms with Crippen LogP contribution in [0.15, 0.2) is 53.6 Å². The molecule has 7 nitrogen and oxygen atoms in total. The van der Waals surface area contributed by atoms with E-state index in [1.54, 1.807) is 42.7 Å². The third-order valence-corrected chi connectivity index (χ3v) is 4.74. The van der Waals surface area contributed by atoms with E-state index in [1.807, 2.05) is 0 Å². The molecule has 4 rings (SSSR count). The number of halogens is 2. The van der Waals surface area contributed by atoms with E-state index in [4.69, 9.17) is 21.1 Å². The molecule has 0 amide bonds. The Bertz CT molecular complexity index is 1320. The highest BCUT2D eigenvalue weighted by atomic mass is 35.5. The van der Waals surface area contributed by atoms with Gasteiger partial charge in [-0.25, -0.2) is 14.1 Å². The maximum Gasteiger partial charge on any atom is 0.259 e. The predicted molar refractivity (Wildman–Crippen MR) is 113 cm³/mol. The lowest BCUT2D eigenvalue weighted by molar-refractivity contribution is 0.355. The molecule has 0 spiro atoms. The minimum absolute atomic E-state index is 0.148. The van der Waals surface area contributed by atoms with Crippen LogP contribution < -0.4 is 15.0 Å². The van der Waals surface area contributed by atoms with Crippen LogP contribution in [-0.4, -0.2) is 34.0 Å². The van der Waals surface area contributed by atoms with Crippen LogP contribution >= 0.6 is 11.6 Å². The molecule has 0 bridgehead atoms. The average molecular weight is 427 g/mol. The fourth-order valence-corrected chi connectivity index (χ4v) is 3.22. The molecule has 0 atom stereocenters. The molecule has 152 valence electrons. The molecule has 0 unspecified atom stereocenters. The van der Waals surface area contributed by atoms with Crippen molar-refractivity contribution in [2.45, 2.75) is 0 Å². The summed E-state index contributed by atoms with van der Waals surface area (Å²) >= 11 is 6.37. The Hall–Kier alpha value is -3.65. The minimum atomic E-state index is -0.464. The maximum atomic E-state index is 14.5. The van der Waals surface area contributed by atoms with Crippen molar-refractivity contribution in [3.05, 3.63) is 76.4 Å². The number of fused-ring (bicyclic) bond motifs is 1. The molecule has 0 fully saturated rings. The van der Waals surface area contributed by atoms with Gasteiger partial charge in [-0.05, 0) is 35.9 Å². The zero-order valence-corrected chi connectivity index (χ0v) is 16.8. The topological polar surface area (TPSA) is 82.0 Å². The standard InChI is InChI=1S/C21H16ClFN4O3/c1-29-18-10-13-16(11-19(18)30-2)25-20(26-21(13)28)14(22)8-12-4-5-17(15(23)9-12)27-7-3-6-24-27/h3-11H,1-2H3,(H,25,26,28)/b14-8-. The molecule has 0 aliphatic heterocycles. The number of rotatable bonds is 5. The van der Waals surface area contributed by atoms with E-state index in [-0.39, 0.29) is 16.4 Å². The summed E-state index contributed by atoms with van der Waals surface area (Å²) in [5.74, 6) is 0.538. The second-order valence-electron chi connectivity index (χ2n) is 6.29. The lowest BCUT2D eigenvalue weighted by Crippen LogP contribution is -2.11. The number of benzene rings is 2. The molecule has 2 aromatic carbocycles. The van der Waals surface area contributed by atoms with Gasteiger partial charge in [0.1, 0.15) is 11.5 Å². The van der Waals surface area contributed by atoms with Crippen molar-refractivity contribution in [3.63, 3.8) is 0 Å². The van der Waals surface area contributed by atoms with Gasteiger partial charge < -0.3 is 14.5 Å². The van der Waals surface area contributed by atoms with Crippen LogP contribution in [0.4, 0.5) is 4.39 Å². The summed E-state index contributed by atoms with van der Waals surface area (Å²) in [7, 11) is 2.97. The first-order valence-electron chi connectivity index (χ1n) is 8.83. The van der Waals surface area contributed by atoms with Crippen molar-refractivity contribution < 1.29 is 13.9 Å². The Morgan fingerprint density at radius 1 is 1.20 bits per heavy atom. The molecule has 0 aliphatic rings. The molecular weight excluding hydrogens is 411 g/mol. The number of nitrogens with one attached hydrogen (secondary N) is 1. The van der Waals surface area contributed by atoms with E-state index in [9.17, 15) is 9.18 Å². The van der Waals surface area contributed by atoms with Crippen molar-refractivity contribution >= 4 is 33.6 Å². The first-order chi connectivity index (χ1) is 14.5. The van der Waals surface area contributed by atoms with Gasteiger partial charge in [0.05, 0.1) is 30.2 Å². The van der Waals surface area contributed by atoms with Gasteiger partial charge in [0.2, 0.25) is 0 Å². The summed E-state index contributed by atoms with van der Waals surface area (Å²) < 4.78 is 26.4. The molecule has 0 saturated carbocycles. The van der Waals surface area contributed by atoms with Gasteiger partial charge in [0.25, 0.3) is 5.56 Å². The zero-order valence-electron chi connectivity index (χ0n) is 16.0. The lowest BCUT2D eigenvalue weighted by atomic mass is 10.1. The SMILES string of the molecule is COc1cc2nc(/C(Cl)=C/c3ccc(-n4cccn4)c(F)c3)[nH]c(=O)c2cc1OC. The lowest BCUT2D eigenvalue weighted by Gasteiger charge is -2.09. The first-order valence-corrected chi connectivity index (χ1v) is 9.21. The van der Waals surface area contributed by atoms with E-state index in [0.717, 1.165) is 0 Å². The van der Waals surface area contributed by atoms with Gasteiger partial charge in [-0.3, -0.25) is 4.79 Å². The molecule has 2 heterocycles. The van der Waals surface area contributed by atoms with E-state index in [1.165, 1.54) is 31.0 Å². The number of hydrogen-bond donors (Lipinski definition) is 1. The Kier molecular flexibility index (Phi) is 5.24. The summed E-state index contributed by atoms with van der Waals surface area (Å²) in [5, 5.41) is 4.49. The summed E-state index contributed by atoms with van der Waals surface area (Å²) in [4.78, 5) is 19.5. The fourth-order valence-electron chi connectivity index (χ4n) is 3.00. The zero-order chi connectivity index (χ0) is 21.3. The molecule has 30 heavy (non-hydrogen) atoms. The van der Waals surface area contributed by atoms with Crippen molar-refractivity contribution in [3.8, 4) is 17.2 Å². The third kappa shape index (κ3) is 3.65. The quantitative estimate of drug-likeness (QED) is 0.521. The van der Waals surface area contributed by atoms with Crippen LogP contribution in [0.2, 0.25) is 0 Å². The molecule has 4 aromatic rings. The smallest absolute Gasteiger partial charge is 0.259 e. The third-order valence-electron chi connectivity index (χ3n) is 4.45. The summed E-state index contributed by atoms with van der Waals surface area (Å²) in [6.45, 7) is 0. The van der Waals surface area contributed by atoms with Gasteiger partial charge in [0, 0.05) is 18.5 Å². The molecule has 1 N–H and O–H groups in total. The van der Waals surface area contributed by atoms with Crippen molar-refractivity contribution in [2.24, 2.45) is 0 Å². The number of nitrogens with zero attached hydrogens (tertiary/aromatic N) is 3. The number of H-pyrrole nitrogens is 1. The highest BCUT2D eigenvalue weighted by molar-refractivity contribution is 6.50. The van der Waals surface area contributed by atoms with E-state index in [0.29, 0.717) is 33.7 Å². The Labute approximate surface area is 175 Å². The second kappa shape index (κ2) is 8.00. The van der Waals surface area contributed by atoms with Crippen molar-refractivity contribution in [2.75, 3.05) is 14.2 Å². The summed E-state index contributed by atoms with van der Waals surface area (Å²) in [6, 6.07) is 9.45. The molecule has 9 heteroatoms. The second-order valence-corrected chi connectivity index (χ2v) is 6.70. The van der Waals surface area contributed by atoms with E-state index >= 15 is 0 Å². The fraction of sp³-hybridized carbons (Fsp3) is 0.0952. The number of aromatic amines is 1. The minimum Gasteiger partial charge on any atom is -0.493 e. The maximum absolute atomic E-state index is 14.5. The highest BCUT2D eigenvalue weighted by Crippen LogP contribution is 2.30. The predicted octanol–water partition coefficient (Wildman–Crippen LogP) is 4.00. The normalized spacial score (nSPS) is 11.7. The Morgan fingerprint density at radius 2 is 1.97 bits per heavy atom. The van der Waals surface area contributed by atoms with Crippen LogP contribution in [0.25, 0.3) is 27.7 Å². The van der Waals surface area contributed by atoms with Gasteiger partial charge in [-0.15, -0.1) is 0 Å².